The van der Waals surface area contributed by atoms with Crippen molar-refractivity contribution in [3.63, 3.8) is 0 Å². The van der Waals surface area contributed by atoms with Crippen molar-refractivity contribution >= 4 is 28.8 Å². The van der Waals surface area contributed by atoms with Crippen LogP contribution in [0.25, 0.3) is 5.65 Å². The monoisotopic (exact) mass is 328 g/mol. The van der Waals surface area contributed by atoms with Crippen LogP contribution in [0, 0.1) is 0 Å². The number of benzene rings is 1. The van der Waals surface area contributed by atoms with E-state index in [-0.39, 0.29) is 28.6 Å². The number of carbonyl (C=O) groups excluding carboxylic acids is 1. The Morgan fingerprint density at radius 3 is 2.71 bits per heavy atom. The maximum absolute atomic E-state index is 12.0. The van der Waals surface area contributed by atoms with Gasteiger partial charge in [-0.25, -0.2) is 9.78 Å². The maximum Gasteiger partial charge on any atom is 0.356 e. The minimum Gasteiger partial charge on any atom is -0.508 e. The number of hydrogen-bond donors (Lipinski definition) is 3. The highest BCUT2D eigenvalue weighted by molar-refractivity contribution is 5.88. The maximum atomic E-state index is 12.0. The number of azo groups is 1. The molecule has 0 saturated carbocycles. The molecule has 0 bridgehead atoms. The van der Waals surface area contributed by atoms with Gasteiger partial charge in [0.1, 0.15) is 11.6 Å². The van der Waals surface area contributed by atoms with E-state index in [4.69, 9.17) is 5.73 Å². The predicted octanol–water partition coefficient (Wildman–Crippen LogP) is 1.51. The highest BCUT2D eigenvalue weighted by atomic mass is 16.5. The number of anilines is 1. The lowest BCUT2D eigenvalue weighted by atomic mass is 10.3. The van der Waals surface area contributed by atoms with E-state index in [1.165, 1.54) is 19.2 Å². The van der Waals surface area contributed by atoms with E-state index in [2.05, 4.69) is 25.0 Å². The molecule has 4 N–H and O–H groups in total. The summed E-state index contributed by atoms with van der Waals surface area (Å²) in [6.45, 7) is 0. The summed E-state index contributed by atoms with van der Waals surface area (Å²) in [5.41, 5.74) is 5.70. The van der Waals surface area contributed by atoms with Gasteiger partial charge in [0.05, 0.1) is 12.8 Å². The highest BCUT2D eigenvalue weighted by Gasteiger charge is 2.17. The Labute approximate surface area is 134 Å². The number of nitrogens with two attached hydrogens (primary N) is 1. The third kappa shape index (κ3) is 2.67. The molecule has 0 saturated heterocycles. The van der Waals surface area contributed by atoms with Gasteiger partial charge in [0.2, 0.25) is 0 Å². The standard InChI is InChI=1S/C14H12N6O4/c1-24-14(23)9-6-10(22)20-13(16-9)11(12(15)19-20)18-17-7-2-4-8(21)5-3-7/h2-6,19,21H,15H2,1H3. The average molecular weight is 328 g/mol. The van der Waals surface area contributed by atoms with Gasteiger partial charge in [-0.2, -0.15) is 9.63 Å². The van der Waals surface area contributed by atoms with Crippen molar-refractivity contribution in [1.82, 2.24) is 14.6 Å². The molecule has 0 aliphatic carbocycles. The number of aromatic amines is 1. The molecule has 10 heteroatoms. The first-order valence-electron chi connectivity index (χ1n) is 6.70. The van der Waals surface area contributed by atoms with E-state index < -0.39 is 11.5 Å². The SMILES string of the molecule is COC(=O)c1cc(=O)n2[nH]c(N)c(N=Nc3ccc(O)cc3)c2n1. The van der Waals surface area contributed by atoms with Gasteiger partial charge in [0, 0.05) is 6.07 Å². The van der Waals surface area contributed by atoms with E-state index in [0.29, 0.717) is 5.69 Å². The van der Waals surface area contributed by atoms with Gasteiger partial charge in [-0.3, -0.25) is 9.89 Å². The number of aromatic nitrogens is 3. The van der Waals surface area contributed by atoms with E-state index in [9.17, 15) is 14.7 Å². The van der Waals surface area contributed by atoms with E-state index in [0.717, 1.165) is 10.6 Å². The average Bonchev–Trinajstić information content (AvgIpc) is 2.90. The van der Waals surface area contributed by atoms with E-state index in [1.807, 2.05) is 0 Å². The summed E-state index contributed by atoms with van der Waals surface area (Å²) in [7, 11) is 1.18. The number of rotatable bonds is 3. The zero-order valence-electron chi connectivity index (χ0n) is 12.4. The summed E-state index contributed by atoms with van der Waals surface area (Å²) in [6.07, 6.45) is 0. The number of nitrogens with zero attached hydrogens (tertiary/aromatic N) is 4. The molecule has 0 radical (unpaired) electrons. The Morgan fingerprint density at radius 1 is 1.33 bits per heavy atom. The minimum absolute atomic E-state index is 0.0444. The lowest BCUT2D eigenvalue weighted by molar-refractivity contribution is 0.0594. The van der Waals surface area contributed by atoms with Crippen LogP contribution in [0.3, 0.4) is 0 Å². The number of nitrogen functional groups attached to an aromatic ring is 1. The van der Waals surface area contributed by atoms with Crippen LogP contribution in [0.5, 0.6) is 5.75 Å². The summed E-state index contributed by atoms with van der Waals surface area (Å²) in [4.78, 5) is 27.6. The molecule has 0 aliphatic rings. The second-order valence-electron chi connectivity index (χ2n) is 4.72. The van der Waals surface area contributed by atoms with E-state index >= 15 is 0 Å². The summed E-state index contributed by atoms with van der Waals surface area (Å²) < 4.78 is 5.61. The number of aromatic hydroxyl groups is 1. The second-order valence-corrected chi connectivity index (χ2v) is 4.72. The van der Waals surface area contributed by atoms with Gasteiger partial charge >= 0.3 is 5.97 Å². The number of H-pyrrole nitrogens is 1. The Balaban J connectivity index is 2.11. The van der Waals surface area contributed by atoms with Gasteiger partial charge in [0.25, 0.3) is 5.56 Å². The highest BCUT2D eigenvalue weighted by Crippen LogP contribution is 2.28. The first-order valence-corrected chi connectivity index (χ1v) is 6.70. The molecule has 3 aromatic rings. The molecule has 0 atom stereocenters. The van der Waals surface area contributed by atoms with Crippen LogP contribution < -0.4 is 11.3 Å². The number of ether oxygens (including phenoxy) is 1. The van der Waals surface area contributed by atoms with Crippen LogP contribution in [0.2, 0.25) is 0 Å². The predicted molar refractivity (Wildman–Crippen MR) is 83.8 cm³/mol. The van der Waals surface area contributed by atoms with Crippen molar-refractivity contribution in [3.8, 4) is 5.75 Å². The number of esters is 1. The molecule has 2 heterocycles. The first-order chi connectivity index (χ1) is 11.5. The number of phenolic OH excluding ortho intramolecular Hbond substituents is 1. The summed E-state index contributed by atoms with van der Waals surface area (Å²) in [5, 5.41) is 19.8. The zero-order valence-corrected chi connectivity index (χ0v) is 12.4. The van der Waals surface area contributed by atoms with Gasteiger partial charge in [-0.1, -0.05) is 0 Å². The molecule has 0 unspecified atom stereocenters. The Bertz CT molecular complexity index is 1000. The molecule has 0 fully saturated rings. The Hall–Kier alpha value is -3.69. The van der Waals surface area contributed by atoms with Gasteiger partial charge in [-0.05, 0) is 24.3 Å². The molecule has 0 amide bonds. The van der Waals surface area contributed by atoms with Crippen molar-refractivity contribution in [1.29, 1.82) is 0 Å². The molecular formula is C14H12N6O4. The number of hydrogen-bond acceptors (Lipinski definition) is 8. The molecule has 2 aromatic heterocycles. The Kier molecular flexibility index (Phi) is 3.70. The lowest BCUT2D eigenvalue weighted by Gasteiger charge is -1.98. The number of carbonyl (C=O) groups is 1. The smallest absolute Gasteiger partial charge is 0.356 e. The first kappa shape index (κ1) is 15.2. The fraction of sp³-hybridized carbons (Fsp3) is 0.0714. The molecule has 1 aromatic carbocycles. The number of methoxy groups -OCH3 is 1. The molecule has 122 valence electrons. The van der Waals surface area contributed by atoms with E-state index in [1.54, 1.807) is 12.1 Å². The molecule has 24 heavy (non-hydrogen) atoms. The van der Waals surface area contributed by atoms with Crippen LogP contribution in [0.15, 0.2) is 45.4 Å². The fourth-order valence-electron chi connectivity index (χ4n) is 1.98. The minimum atomic E-state index is -0.754. The van der Waals surface area contributed by atoms with Crippen molar-refractivity contribution in [2.24, 2.45) is 10.2 Å². The quantitative estimate of drug-likeness (QED) is 0.490. The van der Waals surface area contributed by atoms with Gasteiger partial charge < -0.3 is 15.6 Å². The number of phenols is 1. The largest absolute Gasteiger partial charge is 0.508 e. The molecular weight excluding hydrogens is 316 g/mol. The molecule has 10 nitrogen and oxygen atoms in total. The molecule has 0 spiro atoms. The summed E-state index contributed by atoms with van der Waals surface area (Å²) >= 11 is 0. The summed E-state index contributed by atoms with van der Waals surface area (Å²) in [6, 6.07) is 7.01. The van der Waals surface area contributed by atoms with Crippen LogP contribution in [-0.2, 0) is 4.74 Å². The topological polar surface area (TPSA) is 147 Å². The van der Waals surface area contributed by atoms with Crippen molar-refractivity contribution in [2.75, 3.05) is 12.8 Å². The Morgan fingerprint density at radius 2 is 2.04 bits per heavy atom. The van der Waals surface area contributed by atoms with Crippen LogP contribution in [-0.4, -0.2) is 32.8 Å². The van der Waals surface area contributed by atoms with Crippen molar-refractivity contribution < 1.29 is 14.6 Å². The molecule has 3 rings (SSSR count). The van der Waals surface area contributed by atoms with Crippen LogP contribution in [0.4, 0.5) is 17.2 Å². The zero-order chi connectivity index (χ0) is 17.3. The number of fused-ring (bicyclic) bond motifs is 1. The second kappa shape index (κ2) is 5.83. The normalized spacial score (nSPS) is 11.2. The van der Waals surface area contributed by atoms with Crippen molar-refractivity contribution in [3.05, 3.63) is 46.4 Å². The van der Waals surface area contributed by atoms with Crippen LogP contribution >= 0.6 is 0 Å². The lowest BCUT2D eigenvalue weighted by Crippen LogP contribution is -2.18. The number of nitrogens with one attached hydrogen (secondary N) is 1. The molecule has 0 aliphatic heterocycles. The van der Waals surface area contributed by atoms with Crippen molar-refractivity contribution in [2.45, 2.75) is 0 Å². The fourth-order valence-corrected chi connectivity index (χ4v) is 1.98. The third-order valence-corrected chi connectivity index (χ3v) is 3.13. The van der Waals surface area contributed by atoms with Crippen LogP contribution in [0.1, 0.15) is 10.5 Å². The third-order valence-electron chi connectivity index (χ3n) is 3.13. The van der Waals surface area contributed by atoms with Gasteiger partial charge in [-0.15, -0.1) is 5.11 Å². The van der Waals surface area contributed by atoms with Gasteiger partial charge in [0.15, 0.2) is 17.0 Å². The summed E-state index contributed by atoms with van der Waals surface area (Å²) in [5.74, 6) is -0.601.